The molecule has 1 saturated heterocycles. The number of carbonyl (C=O) groups is 1. The SMILES string of the molecule is CCn1nc(Cc2ccc(Cl)cc2)cc1C1CCN(C[C@H]2C[C@H](N(C)[C@@H](C(=O)O)C(C)C)C[C@@H]2c2cccc(F)c2)CC1. The molecule has 1 N–H and O–H groups in total. The van der Waals surface area contributed by atoms with Crippen LogP contribution < -0.4 is 0 Å². The van der Waals surface area contributed by atoms with E-state index in [1.54, 1.807) is 12.1 Å². The van der Waals surface area contributed by atoms with Crippen molar-refractivity contribution in [2.75, 3.05) is 26.7 Å². The quantitative estimate of drug-likeness (QED) is 0.252. The van der Waals surface area contributed by atoms with Crippen molar-refractivity contribution in [2.45, 2.75) is 83.3 Å². The maximum Gasteiger partial charge on any atom is 0.321 e. The molecule has 2 fully saturated rings. The van der Waals surface area contributed by atoms with Crippen LogP contribution in [0.3, 0.4) is 0 Å². The predicted molar refractivity (Wildman–Crippen MR) is 170 cm³/mol. The van der Waals surface area contributed by atoms with E-state index in [1.165, 1.54) is 17.3 Å². The highest BCUT2D eigenvalue weighted by Gasteiger charge is 2.42. The molecule has 232 valence electrons. The van der Waals surface area contributed by atoms with Gasteiger partial charge in [-0.1, -0.05) is 49.7 Å². The number of piperidine rings is 1. The van der Waals surface area contributed by atoms with Crippen LogP contribution in [-0.4, -0.2) is 69.4 Å². The molecule has 0 amide bonds. The van der Waals surface area contributed by atoms with Crippen molar-refractivity contribution in [3.8, 4) is 0 Å². The Morgan fingerprint density at radius 1 is 1.12 bits per heavy atom. The van der Waals surface area contributed by atoms with E-state index in [9.17, 15) is 14.3 Å². The van der Waals surface area contributed by atoms with E-state index in [0.29, 0.717) is 11.8 Å². The minimum atomic E-state index is -0.770. The van der Waals surface area contributed by atoms with Gasteiger partial charge in [0.25, 0.3) is 0 Å². The lowest BCUT2D eigenvalue weighted by Crippen LogP contribution is -2.47. The Hall–Kier alpha value is -2.74. The number of aliphatic carboxylic acids is 1. The summed E-state index contributed by atoms with van der Waals surface area (Å²) in [5, 5.41) is 15.6. The minimum Gasteiger partial charge on any atom is -0.480 e. The lowest BCUT2D eigenvalue weighted by atomic mass is 9.87. The van der Waals surface area contributed by atoms with E-state index < -0.39 is 12.0 Å². The topological polar surface area (TPSA) is 61.6 Å². The van der Waals surface area contributed by atoms with Crippen molar-refractivity contribution in [1.29, 1.82) is 0 Å². The van der Waals surface area contributed by atoms with Crippen LogP contribution in [-0.2, 0) is 17.8 Å². The van der Waals surface area contributed by atoms with Crippen LogP contribution >= 0.6 is 11.6 Å². The molecule has 1 aliphatic carbocycles. The first kappa shape index (κ1) is 31.7. The van der Waals surface area contributed by atoms with Gasteiger partial charge in [-0.2, -0.15) is 5.10 Å². The molecule has 0 spiro atoms. The third-order valence-electron chi connectivity index (χ3n) is 9.80. The number of aromatic nitrogens is 2. The van der Waals surface area contributed by atoms with E-state index in [4.69, 9.17) is 16.7 Å². The molecule has 43 heavy (non-hydrogen) atoms. The summed E-state index contributed by atoms with van der Waals surface area (Å²) in [7, 11) is 1.96. The molecule has 5 rings (SSSR count). The molecule has 0 unspecified atom stereocenters. The van der Waals surface area contributed by atoms with Crippen LogP contribution in [0.1, 0.15) is 80.8 Å². The van der Waals surface area contributed by atoms with Crippen molar-refractivity contribution in [3.63, 3.8) is 0 Å². The molecule has 6 nitrogen and oxygen atoms in total. The highest BCUT2D eigenvalue weighted by atomic mass is 35.5. The summed E-state index contributed by atoms with van der Waals surface area (Å²) in [6.07, 6.45) is 4.74. The van der Waals surface area contributed by atoms with Crippen LogP contribution in [0.5, 0.6) is 0 Å². The van der Waals surface area contributed by atoms with Gasteiger partial charge in [-0.25, -0.2) is 4.39 Å². The number of hydrogen-bond donors (Lipinski definition) is 1. The molecule has 8 heteroatoms. The number of nitrogens with zero attached hydrogens (tertiary/aromatic N) is 4. The summed E-state index contributed by atoms with van der Waals surface area (Å²) in [5.41, 5.74) is 4.68. The second kappa shape index (κ2) is 13.9. The largest absolute Gasteiger partial charge is 0.480 e. The Morgan fingerprint density at radius 3 is 2.47 bits per heavy atom. The number of likely N-dealkylation sites (N-methyl/N-ethyl adjacent to an activating group) is 1. The Morgan fingerprint density at radius 2 is 1.84 bits per heavy atom. The maximum absolute atomic E-state index is 14.3. The standard InChI is InChI=1S/C35H46ClFN4O2/c1-5-41-33(20-30(38-41)17-24-9-11-28(36)12-10-24)25-13-15-40(16-14-25)22-27-19-31(39(4)34(23(2)3)35(42)43)21-32(27)26-7-6-8-29(37)18-26/h6-12,18,20,23,25,27,31-32,34H,5,13-17,19,21-22H2,1-4H3,(H,42,43)/t27-,31+,32-,34-/m1/s1. The van der Waals surface area contributed by atoms with Crippen molar-refractivity contribution >= 4 is 17.6 Å². The molecule has 0 bridgehead atoms. The van der Waals surface area contributed by atoms with E-state index in [1.807, 2.05) is 39.1 Å². The van der Waals surface area contributed by atoms with Gasteiger partial charge >= 0.3 is 5.97 Å². The first-order chi connectivity index (χ1) is 20.6. The van der Waals surface area contributed by atoms with Gasteiger partial charge in [-0.15, -0.1) is 0 Å². The van der Waals surface area contributed by atoms with Crippen LogP contribution in [0.2, 0.25) is 5.02 Å². The summed E-state index contributed by atoms with van der Waals surface area (Å²) in [5.74, 6) is 0.0670. The normalized spacial score (nSPS) is 22.5. The van der Waals surface area contributed by atoms with Gasteiger partial charge < -0.3 is 10.0 Å². The van der Waals surface area contributed by atoms with Crippen LogP contribution in [0.15, 0.2) is 54.6 Å². The van der Waals surface area contributed by atoms with Gasteiger partial charge in [-0.3, -0.25) is 14.4 Å². The smallest absolute Gasteiger partial charge is 0.321 e. The lowest BCUT2D eigenvalue weighted by Gasteiger charge is -2.35. The summed E-state index contributed by atoms with van der Waals surface area (Å²) in [6, 6.07) is 16.9. The molecular weight excluding hydrogens is 563 g/mol. The lowest BCUT2D eigenvalue weighted by molar-refractivity contribution is -0.145. The van der Waals surface area contributed by atoms with Gasteiger partial charge in [-0.05, 0) is 112 Å². The van der Waals surface area contributed by atoms with Crippen molar-refractivity contribution in [2.24, 2.45) is 11.8 Å². The fraction of sp³-hybridized carbons (Fsp3) is 0.543. The molecule has 2 aromatic carbocycles. The molecule has 1 aliphatic heterocycles. The number of benzene rings is 2. The highest BCUT2D eigenvalue weighted by molar-refractivity contribution is 6.30. The molecule has 2 aliphatic rings. The highest BCUT2D eigenvalue weighted by Crippen LogP contribution is 2.43. The second-order valence-electron chi connectivity index (χ2n) is 13.0. The average molecular weight is 609 g/mol. The molecule has 1 saturated carbocycles. The zero-order valence-corrected chi connectivity index (χ0v) is 26.7. The average Bonchev–Trinajstić information content (AvgIpc) is 3.58. The van der Waals surface area contributed by atoms with Crippen LogP contribution in [0.4, 0.5) is 4.39 Å². The third kappa shape index (κ3) is 7.50. The van der Waals surface area contributed by atoms with Gasteiger partial charge in [0.15, 0.2) is 0 Å². The number of carboxylic acids is 1. The Kier molecular flexibility index (Phi) is 10.3. The summed E-state index contributed by atoms with van der Waals surface area (Å²) in [4.78, 5) is 16.8. The van der Waals surface area contributed by atoms with Crippen molar-refractivity contribution in [3.05, 3.63) is 88.0 Å². The molecule has 3 aromatic rings. The minimum absolute atomic E-state index is 0.0106. The predicted octanol–water partition coefficient (Wildman–Crippen LogP) is 7.07. The molecule has 1 aromatic heterocycles. The second-order valence-corrected chi connectivity index (χ2v) is 13.4. The van der Waals surface area contributed by atoms with Crippen LogP contribution in [0, 0.1) is 17.7 Å². The Balaban J connectivity index is 1.26. The van der Waals surface area contributed by atoms with E-state index in [0.717, 1.165) is 74.6 Å². The fourth-order valence-corrected chi connectivity index (χ4v) is 7.77. The number of carboxylic acid groups (broad SMARTS) is 1. The van der Waals surface area contributed by atoms with Crippen molar-refractivity contribution < 1.29 is 14.3 Å². The summed E-state index contributed by atoms with van der Waals surface area (Å²) < 4.78 is 16.5. The Labute approximate surface area is 260 Å². The number of aryl methyl sites for hydroxylation is 1. The first-order valence-electron chi connectivity index (χ1n) is 15.9. The van der Waals surface area contributed by atoms with Gasteiger partial charge in [0.05, 0.1) is 5.69 Å². The summed E-state index contributed by atoms with van der Waals surface area (Å²) >= 11 is 6.07. The molecule has 0 radical (unpaired) electrons. The molecular formula is C35H46ClFN4O2. The number of likely N-dealkylation sites (tertiary alicyclic amines) is 1. The fourth-order valence-electron chi connectivity index (χ4n) is 7.64. The van der Waals surface area contributed by atoms with E-state index in [2.05, 4.69) is 39.6 Å². The number of rotatable bonds is 11. The molecule has 4 atom stereocenters. The Bertz CT molecular complexity index is 1370. The third-order valence-corrected chi connectivity index (χ3v) is 10.1. The summed E-state index contributed by atoms with van der Waals surface area (Å²) in [6.45, 7) is 9.95. The molecule has 2 heterocycles. The zero-order valence-electron chi connectivity index (χ0n) is 25.9. The van der Waals surface area contributed by atoms with E-state index in [-0.39, 0.29) is 23.7 Å². The van der Waals surface area contributed by atoms with Gasteiger partial charge in [0.1, 0.15) is 11.9 Å². The first-order valence-corrected chi connectivity index (χ1v) is 16.2. The van der Waals surface area contributed by atoms with Crippen molar-refractivity contribution in [1.82, 2.24) is 19.6 Å². The zero-order chi connectivity index (χ0) is 30.7. The van der Waals surface area contributed by atoms with Crippen LogP contribution in [0.25, 0.3) is 0 Å². The van der Waals surface area contributed by atoms with E-state index >= 15 is 0 Å². The maximum atomic E-state index is 14.3. The number of hydrogen-bond acceptors (Lipinski definition) is 4. The monoisotopic (exact) mass is 608 g/mol. The number of halogens is 2. The van der Waals surface area contributed by atoms with Gasteiger partial charge in [0.2, 0.25) is 0 Å². The van der Waals surface area contributed by atoms with Gasteiger partial charge in [0, 0.05) is 42.2 Å².